The highest BCUT2D eigenvalue weighted by Gasteiger charge is 2.33. The van der Waals surface area contributed by atoms with Gasteiger partial charge in [-0.25, -0.2) is 4.98 Å². The molecule has 2 fully saturated rings. The number of ether oxygens (including phenoxy) is 1. The van der Waals surface area contributed by atoms with Gasteiger partial charge in [0.15, 0.2) is 0 Å². The van der Waals surface area contributed by atoms with Gasteiger partial charge in [0, 0.05) is 46.0 Å². The van der Waals surface area contributed by atoms with Gasteiger partial charge in [-0.05, 0) is 24.6 Å². The number of amides is 1. The monoisotopic (exact) mass is 489 g/mol. The Morgan fingerprint density at radius 2 is 1.97 bits per heavy atom. The van der Waals surface area contributed by atoms with E-state index in [1.165, 1.54) is 21.1 Å². The summed E-state index contributed by atoms with van der Waals surface area (Å²) in [5, 5.41) is 9.23. The Hall–Kier alpha value is -2.31. The van der Waals surface area contributed by atoms with Crippen molar-refractivity contribution >= 4 is 51.7 Å². The molecule has 2 aromatic heterocycles. The molecule has 176 valence electrons. The van der Waals surface area contributed by atoms with Gasteiger partial charge >= 0.3 is 0 Å². The van der Waals surface area contributed by atoms with Crippen LogP contribution in [0.15, 0.2) is 28.0 Å². The Balaban J connectivity index is 1.76. The number of aromatic nitrogens is 2. The van der Waals surface area contributed by atoms with E-state index in [9.17, 15) is 14.7 Å². The van der Waals surface area contributed by atoms with Gasteiger partial charge in [-0.1, -0.05) is 30.0 Å². The zero-order valence-corrected chi connectivity index (χ0v) is 20.3. The first-order valence-electron chi connectivity index (χ1n) is 10.8. The minimum Gasteiger partial charge on any atom is -0.395 e. The minimum atomic E-state index is -0.227. The van der Waals surface area contributed by atoms with Gasteiger partial charge in [-0.15, -0.1) is 0 Å². The Morgan fingerprint density at radius 3 is 2.67 bits per heavy atom. The Bertz CT molecular complexity index is 1160. The van der Waals surface area contributed by atoms with E-state index in [-0.39, 0.29) is 18.1 Å². The van der Waals surface area contributed by atoms with E-state index in [1.54, 1.807) is 19.4 Å². The number of anilines is 1. The summed E-state index contributed by atoms with van der Waals surface area (Å²) < 4.78 is 7.06. The van der Waals surface area contributed by atoms with Crippen molar-refractivity contribution in [3.05, 3.63) is 44.7 Å². The van der Waals surface area contributed by atoms with Crippen LogP contribution in [0.25, 0.3) is 11.7 Å². The predicted octanol–water partition coefficient (Wildman–Crippen LogP) is 0.965. The number of nitrogens with zero attached hydrogens (tertiary/aromatic N) is 5. The number of piperazine rings is 1. The number of carbonyl (C=O) groups excluding carboxylic acids is 1. The van der Waals surface area contributed by atoms with Crippen LogP contribution in [-0.2, 0) is 9.53 Å². The highest BCUT2D eigenvalue weighted by Crippen LogP contribution is 2.33. The highest BCUT2D eigenvalue weighted by molar-refractivity contribution is 8.26. The van der Waals surface area contributed by atoms with Crippen LogP contribution in [0.3, 0.4) is 0 Å². The lowest BCUT2D eigenvalue weighted by Crippen LogP contribution is -2.48. The maximum atomic E-state index is 13.6. The molecule has 0 unspecified atom stereocenters. The number of β-amino-alcohol motifs (C(OH)–C–C–N with tert-alkyl or cyclic N) is 1. The molecule has 1 N–H and O–H groups in total. The summed E-state index contributed by atoms with van der Waals surface area (Å²) >= 11 is 6.57. The average Bonchev–Trinajstić information content (AvgIpc) is 3.07. The van der Waals surface area contributed by atoms with E-state index in [4.69, 9.17) is 21.9 Å². The first-order valence-corrected chi connectivity index (χ1v) is 12.0. The molecule has 11 heteroatoms. The zero-order valence-electron chi connectivity index (χ0n) is 18.7. The standard InChI is InChI=1S/C22H27N5O4S2/c1-15-3-4-18-23-19(25-7-5-24(6-8-25)9-11-28)16(20(29)27(18)14-15)13-17-21(30)26(10-12-31-2)22(32)33-17/h3-4,13-14,28H,5-12H2,1-2H3/b17-13-. The van der Waals surface area contributed by atoms with Gasteiger partial charge in [-0.2, -0.15) is 0 Å². The molecule has 2 aliphatic rings. The van der Waals surface area contributed by atoms with Crippen LogP contribution in [-0.4, -0.2) is 94.1 Å². The number of hydrogen-bond acceptors (Lipinski definition) is 9. The Kier molecular flexibility index (Phi) is 7.45. The van der Waals surface area contributed by atoms with Gasteiger partial charge in [-0.3, -0.25) is 23.8 Å². The highest BCUT2D eigenvalue weighted by atomic mass is 32.2. The van der Waals surface area contributed by atoms with Crippen molar-refractivity contribution in [2.45, 2.75) is 6.92 Å². The number of thiocarbonyl (C=S) groups is 1. The number of carbonyl (C=O) groups is 1. The summed E-state index contributed by atoms with van der Waals surface area (Å²) in [6, 6.07) is 3.75. The molecule has 0 radical (unpaired) electrons. The lowest BCUT2D eigenvalue weighted by Gasteiger charge is -2.35. The quantitative estimate of drug-likeness (QED) is 0.451. The van der Waals surface area contributed by atoms with E-state index in [2.05, 4.69) is 9.80 Å². The normalized spacial score (nSPS) is 18.8. The zero-order chi connectivity index (χ0) is 23.5. The molecule has 9 nitrogen and oxygen atoms in total. The largest absolute Gasteiger partial charge is 0.395 e. The van der Waals surface area contributed by atoms with E-state index in [0.717, 1.165) is 18.7 Å². The second-order valence-corrected chi connectivity index (χ2v) is 9.64. The molecule has 1 amide bonds. The molecule has 2 aliphatic heterocycles. The summed E-state index contributed by atoms with van der Waals surface area (Å²) in [6.45, 7) is 6.26. The lowest BCUT2D eigenvalue weighted by atomic mass is 10.2. The van der Waals surface area contributed by atoms with E-state index in [0.29, 0.717) is 59.0 Å². The predicted molar refractivity (Wildman–Crippen MR) is 134 cm³/mol. The Labute approximate surface area is 201 Å². The molecule has 0 saturated carbocycles. The lowest BCUT2D eigenvalue weighted by molar-refractivity contribution is -0.122. The number of aliphatic hydroxyl groups is 1. The van der Waals surface area contributed by atoms with Crippen molar-refractivity contribution in [3.8, 4) is 0 Å². The second kappa shape index (κ2) is 10.3. The van der Waals surface area contributed by atoms with E-state index < -0.39 is 0 Å². The second-order valence-electron chi connectivity index (χ2n) is 7.97. The number of aliphatic hydroxyl groups excluding tert-OH is 1. The van der Waals surface area contributed by atoms with Crippen LogP contribution in [0.1, 0.15) is 11.1 Å². The fourth-order valence-corrected chi connectivity index (χ4v) is 5.24. The molecular formula is C22H27N5O4S2. The number of rotatable bonds is 7. The molecule has 0 spiro atoms. The van der Waals surface area contributed by atoms with Crippen molar-refractivity contribution in [2.75, 3.05) is 64.5 Å². The molecule has 0 bridgehead atoms. The van der Waals surface area contributed by atoms with Crippen LogP contribution < -0.4 is 10.5 Å². The molecule has 2 aromatic rings. The van der Waals surface area contributed by atoms with Crippen molar-refractivity contribution in [1.82, 2.24) is 19.2 Å². The summed E-state index contributed by atoms with van der Waals surface area (Å²) in [5.74, 6) is 0.337. The number of thioether (sulfide) groups is 1. The van der Waals surface area contributed by atoms with E-state index >= 15 is 0 Å². The number of fused-ring (bicyclic) bond motifs is 1. The van der Waals surface area contributed by atoms with Gasteiger partial charge in [0.25, 0.3) is 11.5 Å². The third-order valence-electron chi connectivity index (χ3n) is 5.74. The van der Waals surface area contributed by atoms with Crippen LogP contribution in [0.2, 0.25) is 0 Å². The number of methoxy groups -OCH3 is 1. The number of pyridine rings is 1. The Morgan fingerprint density at radius 1 is 1.21 bits per heavy atom. The molecule has 0 aromatic carbocycles. The first kappa shape index (κ1) is 23.8. The molecule has 0 atom stereocenters. The summed E-state index contributed by atoms with van der Waals surface area (Å²) in [4.78, 5) is 37.5. The van der Waals surface area contributed by atoms with Gasteiger partial charge in [0.2, 0.25) is 0 Å². The molecule has 33 heavy (non-hydrogen) atoms. The van der Waals surface area contributed by atoms with E-state index in [1.807, 2.05) is 19.1 Å². The maximum Gasteiger partial charge on any atom is 0.267 e. The molecular weight excluding hydrogens is 462 g/mol. The molecule has 4 heterocycles. The first-order chi connectivity index (χ1) is 15.9. The third-order valence-corrected chi connectivity index (χ3v) is 7.12. The van der Waals surface area contributed by atoms with Crippen molar-refractivity contribution < 1.29 is 14.6 Å². The van der Waals surface area contributed by atoms with Gasteiger partial charge in [0.05, 0.1) is 30.2 Å². The van der Waals surface area contributed by atoms with Crippen LogP contribution in [0, 0.1) is 6.92 Å². The SMILES string of the molecule is COCCN1C(=O)/C(=C/c2c(N3CCN(CCO)CC3)nc3ccc(C)cn3c2=O)SC1=S. The topological polar surface area (TPSA) is 90.6 Å². The smallest absolute Gasteiger partial charge is 0.267 e. The third kappa shape index (κ3) is 4.97. The van der Waals surface area contributed by atoms with Crippen LogP contribution >= 0.6 is 24.0 Å². The summed E-state index contributed by atoms with van der Waals surface area (Å²) in [5.41, 5.74) is 1.65. The molecule has 0 aliphatic carbocycles. The number of hydrogen-bond donors (Lipinski definition) is 1. The average molecular weight is 490 g/mol. The molecule has 4 rings (SSSR count). The maximum absolute atomic E-state index is 13.6. The summed E-state index contributed by atoms with van der Waals surface area (Å²) in [6.07, 6.45) is 3.39. The van der Waals surface area contributed by atoms with Crippen LogP contribution in [0.4, 0.5) is 5.82 Å². The van der Waals surface area contributed by atoms with Gasteiger partial charge < -0.3 is 14.7 Å². The number of aryl methyl sites for hydroxylation is 1. The fraction of sp³-hybridized carbons (Fsp3) is 0.455. The fourth-order valence-electron chi connectivity index (χ4n) is 3.95. The van der Waals surface area contributed by atoms with Crippen LogP contribution in [0.5, 0.6) is 0 Å². The van der Waals surface area contributed by atoms with Gasteiger partial charge in [0.1, 0.15) is 15.8 Å². The van der Waals surface area contributed by atoms with Crippen molar-refractivity contribution in [2.24, 2.45) is 0 Å². The summed E-state index contributed by atoms with van der Waals surface area (Å²) in [7, 11) is 1.57. The van der Waals surface area contributed by atoms with Crippen molar-refractivity contribution in [3.63, 3.8) is 0 Å². The minimum absolute atomic E-state index is 0.116. The molecule has 2 saturated heterocycles. The van der Waals surface area contributed by atoms with Crippen molar-refractivity contribution in [1.29, 1.82) is 0 Å².